The Morgan fingerprint density at radius 3 is 2.86 bits per heavy atom. The van der Waals surface area contributed by atoms with Crippen LogP contribution in [0.3, 0.4) is 0 Å². The van der Waals surface area contributed by atoms with E-state index in [1.807, 2.05) is 13.8 Å². The first-order valence-corrected chi connectivity index (χ1v) is 4.65. The molecule has 0 aliphatic heterocycles. The maximum Gasteiger partial charge on any atom is 0.272 e. The highest BCUT2D eigenvalue weighted by molar-refractivity contribution is 5.93. The smallest absolute Gasteiger partial charge is 0.272 e. The van der Waals surface area contributed by atoms with Crippen molar-refractivity contribution in [1.82, 2.24) is 15.1 Å². The topological polar surface area (TPSA) is 72.9 Å². The molecule has 1 heterocycles. The zero-order chi connectivity index (χ0) is 10.7. The van der Waals surface area contributed by atoms with E-state index in [2.05, 4.69) is 10.4 Å². The van der Waals surface area contributed by atoms with Gasteiger partial charge in [0.2, 0.25) is 0 Å². The van der Waals surface area contributed by atoms with Crippen molar-refractivity contribution in [2.45, 2.75) is 26.3 Å². The van der Waals surface area contributed by atoms with Crippen LogP contribution in [-0.2, 0) is 7.05 Å². The average molecular weight is 196 g/mol. The zero-order valence-corrected chi connectivity index (χ0v) is 8.74. The summed E-state index contributed by atoms with van der Waals surface area (Å²) >= 11 is 0. The number of hydrogen-bond acceptors (Lipinski definition) is 3. The summed E-state index contributed by atoms with van der Waals surface area (Å²) in [7, 11) is 1.70. The van der Waals surface area contributed by atoms with Gasteiger partial charge in [-0.3, -0.25) is 9.48 Å². The number of rotatable bonds is 3. The van der Waals surface area contributed by atoms with E-state index in [-0.39, 0.29) is 11.9 Å². The summed E-state index contributed by atoms with van der Waals surface area (Å²) in [6.07, 6.45) is 0.897. The molecule has 5 heteroatoms. The number of aryl methyl sites for hydroxylation is 1. The third-order valence-electron chi connectivity index (χ3n) is 2.14. The normalized spacial score (nSPS) is 12.5. The minimum Gasteiger partial charge on any atom is -0.384 e. The van der Waals surface area contributed by atoms with Crippen LogP contribution in [0.1, 0.15) is 30.8 Å². The highest BCUT2D eigenvalue weighted by atomic mass is 16.2. The number of anilines is 1. The first kappa shape index (κ1) is 10.6. The molecule has 3 N–H and O–H groups in total. The lowest BCUT2D eigenvalue weighted by molar-refractivity contribution is 0.0933. The van der Waals surface area contributed by atoms with E-state index in [0.717, 1.165) is 6.42 Å². The van der Waals surface area contributed by atoms with Crippen molar-refractivity contribution in [2.75, 3.05) is 5.73 Å². The molecule has 5 nitrogen and oxygen atoms in total. The number of hydrogen-bond donors (Lipinski definition) is 2. The molecule has 0 fully saturated rings. The van der Waals surface area contributed by atoms with E-state index < -0.39 is 0 Å². The Morgan fingerprint density at radius 2 is 2.43 bits per heavy atom. The minimum absolute atomic E-state index is 0.158. The SMILES string of the molecule is CC[C@@H](C)NC(=O)c1cc(N)n(C)n1. The van der Waals surface area contributed by atoms with Gasteiger partial charge in [-0.25, -0.2) is 0 Å². The summed E-state index contributed by atoms with van der Waals surface area (Å²) in [6, 6.07) is 1.73. The molecule has 1 aromatic heterocycles. The second kappa shape index (κ2) is 4.13. The monoisotopic (exact) mass is 196 g/mol. The molecule has 0 aliphatic rings. The maximum atomic E-state index is 11.5. The molecular weight excluding hydrogens is 180 g/mol. The molecular formula is C9H16N4O. The lowest BCUT2D eigenvalue weighted by Crippen LogP contribution is -2.32. The molecule has 1 aromatic rings. The largest absolute Gasteiger partial charge is 0.384 e. The van der Waals surface area contributed by atoms with Crippen LogP contribution in [0.2, 0.25) is 0 Å². The van der Waals surface area contributed by atoms with Gasteiger partial charge in [-0.1, -0.05) is 6.92 Å². The summed E-state index contributed by atoms with van der Waals surface area (Å²) in [5, 5.41) is 6.79. The number of amides is 1. The second-order valence-corrected chi connectivity index (χ2v) is 3.36. The number of aromatic nitrogens is 2. The fraction of sp³-hybridized carbons (Fsp3) is 0.556. The van der Waals surface area contributed by atoms with E-state index in [4.69, 9.17) is 5.73 Å². The van der Waals surface area contributed by atoms with Crippen molar-refractivity contribution < 1.29 is 4.79 Å². The average Bonchev–Trinajstić information content (AvgIpc) is 2.47. The van der Waals surface area contributed by atoms with Crippen molar-refractivity contribution in [3.63, 3.8) is 0 Å². The Kier molecular flexibility index (Phi) is 3.11. The van der Waals surface area contributed by atoms with Crippen LogP contribution in [0.25, 0.3) is 0 Å². The van der Waals surface area contributed by atoms with Crippen molar-refractivity contribution in [1.29, 1.82) is 0 Å². The fourth-order valence-corrected chi connectivity index (χ4v) is 0.992. The van der Waals surface area contributed by atoms with E-state index in [1.165, 1.54) is 4.68 Å². The Bertz CT molecular complexity index is 312. The lowest BCUT2D eigenvalue weighted by atomic mass is 10.2. The summed E-state index contributed by atoms with van der Waals surface area (Å²) in [4.78, 5) is 11.5. The predicted molar refractivity (Wildman–Crippen MR) is 54.8 cm³/mol. The molecule has 0 spiro atoms. The molecule has 0 aliphatic carbocycles. The highest BCUT2D eigenvalue weighted by Gasteiger charge is 2.12. The van der Waals surface area contributed by atoms with Gasteiger partial charge in [0.1, 0.15) is 5.82 Å². The molecule has 0 saturated carbocycles. The van der Waals surface area contributed by atoms with Gasteiger partial charge in [-0.2, -0.15) is 5.10 Å². The van der Waals surface area contributed by atoms with Crippen LogP contribution >= 0.6 is 0 Å². The number of carbonyl (C=O) groups excluding carboxylic acids is 1. The molecule has 78 valence electrons. The molecule has 1 amide bonds. The summed E-state index contributed by atoms with van der Waals surface area (Å²) in [5.74, 6) is 0.311. The Labute approximate surface area is 83.3 Å². The summed E-state index contributed by atoms with van der Waals surface area (Å²) in [6.45, 7) is 3.96. The standard InChI is InChI=1S/C9H16N4O/c1-4-6(2)11-9(14)7-5-8(10)13(3)12-7/h5-6H,4,10H2,1-3H3,(H,11,14)/t6-/m1/s1. The lowest BCUT2D eigenvalue weighted by Gasteiger charge is -2.09. The third kappa shape index (κ3) is 2.25. The Morgan fingerprint density at radius 1 is 1.79 bits per heavy atom. The van der Waals surface area contributed by atoms with Gasteiger partial charge in [0.05, 0.1) is 0 Å². The minimum atomic E-state index is -0.174. The molecule has 0 saturated heterocycles. The molecule has 0 bridgehead atoms. The van der Waals surface area contributed by atoms with Crippen LogP contribution in [-0.4, -0.2) is 21.7 Å². The maximum absolute atomic E-state index is 11.5. The Balaban J connectivity index is 2.70. The van der Waals surface area contributed by atoms with E-state index in [0.29, 0.717) is 11.5 Å². The number of nitrogens with zero attached hydrogens (tertiary/aromatic N) is 2. The van der Waals surface area contributed by atoms with Crippen molar-refractivity contribution in [2.24, 2.45) is 7.05 Å². The number of nitrogen functional groups attached to an aromatic ring is 1. The van der Waals surface area contributed by atoms with E-state index >= 15 is 0 Å². The van der Waals surface area contributed by atoms with E-state index in [1.54, 1.807) is 13.1 Å². The van der Waals surface area contributed by atoms with Gasteiger partial charge in [0.15, 0.2) is 5.69 Å². The first-order valence-electron chi connectivity index (χ1n) is 4.65. The van der Waals surface area contributed by atoms with Crippen molar-refractivity contribution in [3.05, 3.63) is 11.8 Å². The first-order chi connectivity index (χ1) is 6.54. The van der Waals surface area contributed by atoms with Crippen LogP contribution in [0.5, 0.6) is 0 Å². The van der Waals surface area contributed by atoms with Gasteiger partial charge < -0.3 is 11.1 Å². The molecule has 0 radical (unpaired) electrons. The number of carbonyl (C=O) groups is 1. The second-order valence-electron chi connectivity index (χ2n) is 3.36. The molecule has 14 heavy (non-hydrogen) atoms. The quantitative estimate of drug-likeness (QED) is 0.740. The van der Waals surface area contributed by atoms with Crippen molar-refractivity contribution in [3.8, 4) is 0 Å². The number of nitrogens with two attached hydrogens (primary N) is 1. The van der Waals surface area contributed by atoms with Gasteiger partial charge >= 0.3 is 0 Å². The fourth-order valence-electron chi connectivity index (χ4n) is 0.992. The van der Waals surface area contributed by atoms with Gasteiger partial charge in [0.25, 0.3) is 5.91 Å². The molecule has 1 rings (SSSR count). The third-order valence-corrected chi connectivity index (χ3v) is 2.14. The van der Waals surface area contributed by atoms with Gasteiger partial charge in [0, 0.05) is 19.2 Å². The van der Waals surface area contributed by atoms with E-state index in [9.17, 15) is 4.79 Å². The van der Waals surface area contributed by atoms with Gasteiger partial charge in [-0.05, 0) is 13.3 Å². The molecule has 0 aromatic carbocycles. The van der Waals surface area contributed by atoms with Crippen LogP contribution in [0.4, 0.5) is 5.82 Å². The van der Waals surface area contributed by atoms with Crippen LogP contribution < -0.4 is 11.1 Å². The Hall–Kier alpha value is -1.52. The number of nitrogens with one attached hydrogen (secondary N) is 1. The predicted octanol–water partition coefficient (Wildman–Crippen LogP) is 0.531. The highest BCUT2D eigenvalue weighted by Crippen LogP contribution is 2.04. The van der Waals surface area contributed by atoms with Crippen LogP contribution in [0.15, 0.2) is 6.07 Å². The van der Waals surface area contributed by atoms with Gasteiger partial charge in [-0.15, -0.1) is 0 Å². The summed E-state index contributed by atoms with van der Waals surface area (Å²) < 4.78 is 1.48. The van der Waals surface area contributed by atoms with Crippen LogP contribution in [0, 0.1) is 0 Å². The molecule has 1 atom stereocenters. The summed E-state index contributed by atoms with van der Waals surface area (Å²) in [5.41, 5.74) is 5.93. The molecule has 0 unspecified atom stereocenters. The zero-order valence-electron chi connectivity index (χ0n) is 8.74. The van der Waals surface area contributed by atoms with Crippen molar-refractivity contribution >= 4 is 11.7 Å².